The van der Waals surface area contributed by atoms with Gasteiger partial charge in [0, 0.05) is 17.5 Å². The van der Waals surface area contributed by atoms with Gasteiger partial charge in [-0.1, -0.05) is 17.7 Å². The smallest absolute Gasteiger partial charge is 0.173 e. The molecule has 1 aliphatic rings. The van der Waals surface area contributed by atoms with E-state index in [1.165, 1.54) is 11.8 Å². The number of ether oxygens (including phenoxy) is 1. The Morgan fingerprint density at radius 2 is 2.09 bits per heavy atom. The van der Waals surface area contributed by atoms with Gasteiger partial charge in [0.2, 0.25) is 0 Å². The second-order valence-electron chi connectivity index (χ2n) is 5.40. The molecule has 4 N–H and O–H groups in total. The summed E-state index contributed by atoms with van der Waals surface area (Å²) in [6, 6.07) is 5.34. The fourth-order valence-corrected chi connectivity index (χ4v) is 3.70. The summed E-state index contributed by atoms with van der Waals surface area (Å²) in [5.74, 6) is 0.686. The summed E-state index contributed by atoms with van der Waals surface area (Å²) < 4.78 is 5.77. The normalized spacial score (nSPS) is 27.9. The molecule has 0 spiro atoms. The van der Waals surface area contributed by atoms with E-state index in [0.29, 0.717) is 10.8 Å². The van der Waals surface area contributed by atoms with Crippen LogP contribution in [0.25, 0.3) is 11.1 Å². The van der Waals surface area contributed by atoms with E-state index < -0.39 is 23.7 Å². The number of nitrogens with zero attached hydrogens (tertiary/aromatic N) is 1. The summed E-state index contributed by atoms with van der Waals surface area (Å²) in [5, 5.41) is 36.7. The van der Waals surface area contributed by atoms with Gasteiger partial charge in [-0.3, -0.25) is 5.10 Å². The third-order valence-corrected chi connectivity index (χ3v) is 5.32. The van der Waals surface area contributed by atoms with E-state index in [1.807, 2.05) is 13.0 Å². The number of rotatable bonds is 3. The highest BCUT2D eigenvalue weighted by Crippen LogP contribution is 2.35. The van der Waals surface area contributed by atoms with E-state index >= 15 is 0 Å². The Bertz CT molecular complexity index is 696. The Labute approximate surface area is 142 Å². The van der Waals surface area contributed by atoms with Gasteiger partial charge in [-0.25, -0.2) is 0 Å². The van der Waals surface area contributed by atoms with Crippen molar-refractivity contribution in [3.05, 3.63) is 35.1 Å². The third kappa shape index (κ3) is 3.34. The topological polar surface area (TPSA) is 98.6 Å². The summed E-state index contributed by atoms with van der Waals surface area (Å²) in [4.78, 5) is 0. The minimum absolute atomic E-state index is 0.279. The van der Waals surface area contributed by atoms with Gasteiger partial charge in [0.25, 0.3) is 0 Å². The number of aliphatic hydroxyl groups is 3. The number of thioether (sulfide) groups is 1. The van der Waals surface area contributed by atoms with Crippen LogP contribution in [0.15, 0.2) is 24.4 Å². The first-order valence-corrected chi connectivity index (χ1v) is 8.53. The van der Waals surface area contributed by atoms with Gasteiger partial charge >= 0.3 is 0 Å². The molecule has 0 radical (unpaired) electrons. The van der Waals surface area contributed by atoms with E-state index in [9.17, 15) is 15.3 Å². The first kappa shape index (κ1) is 16.6. The highest BCUT2D eigenvalue weighted by atomic mass is 35.5. The van der Waals surface area contributed by atoms with Crippen molar-refractivity contribution in [1.82, 2.24) is 10.2 Å². The van der Waals surface area contributed by atoms with Crippen LogP contribution in [-0.4, -0.2) is 55.0 Å². The molecule has 1 fully saturated rings. The van der Waals surface area contributed by atoms with E-state index in [4.69, 9.17) is 16.3 Å². The molecule has 2 heterocycles. The lowest BCUT2D eigenvalue weighted by Crippen LogP contribution is -2.50. The second kappa shape index (κ2) is 6.70. The third-order valence-electron chi connectivity index (χ3n) is 3.77. The number of halogens is 1. The summed E-state index contributed by atoms with van der Waals surface area (Å²) in [7, 11) is 0. The van der Waals surface area contributed by atoms with Crippen molar-refractivity contribution in [2.24, 2.45) is 0 Å². The predicted octanol–water partition coefficient (Wildman–Crippen LogP) is 1.57. The number of aromatic nitrogens is 2. The molecule has 0 saturated carbocycles. The molecule has 6 nitrogen and oxygen atoms in total. The zero-order valence-electron chi connectivity index (χ0n) is 12.3. The Kier molecular flexibility index (Phi) is 4.84. The first-order chi connectivity index (χ1) is 11.0. The molecule has 4 atom stereocenters. The number of aryl methyl sites for hydroxylation is 1. The van der Waals surface area contributed by atoms with Crippen LogP contribution in [-0.2, 0) is 0 Å². The predicted molar refractivity (Wildman–Crippen MR) is 88.7 cm³/mol. The maximum atomic E-state index is 10.0. The number of aliphatic hydroxyl groups excluding tert-OH is 3. The van der Waals surface area contributed by atoms with Crippen LogP contribution in [0.1, 0.15) is 5.69 Å². The van der Waals surface area contributed by atoms with Gasteiger partial charge < -0.3 is 20.1 Å². The van der Waals surface area contributed by atoms with E-state index in [2.05, 4.69) is 10.2 Å². The van der Waals surface area contributed by atoms with E-state index in [1.54, 1.807) is 18.3 Å². The summed E-state index contributed by atoms with van der Waals surface area (Å²) in [5.41, 5.74) is 1.96. The van der Waals surface area contributed by atoms with Crippen LogP contribution in [0.2, 0.25) is 5.02 Å². The maximum Gasteiger partial charge on any atom is 0.173 e. The monoisotopic (exact) mass is 356 g/mol. The SMILES string of the molecule is Cc1n[nH]cc1-c1ccc(Cl)c(O[C@@H]2SC[C@@H](O)[C@H](O)[C@H]2O)c1. The summed E-state index contributed by atoms with van der Waals surface area (Å²) >= 11 is 7.41. The van der Waals surface area contributed by atoms with Crippen molar-refractivity contribution < 1.29 is 20.1 Å². The Morgan fingerprint density at radius 3 is 2.78 bits per heavy atom. The van der Waals surface area contributed by atoms with Crippen molar-refractivity contribution in [2.75, 3.05) is 5.75 Å². The fourth-order valence-electron chi connectivity index (χ4n) is 2.42. The molecule has 0 aliphatic carbocycles. The average Bonchev–Trinajstić information content (AvgIpc) is 2.96. The molecule has 0 amide bonds. The van der Waals surface area contributed by atoms with Crippen molar-refractivity contribution in [3.63, 3.8) is 0 Å². The maximum absolute atomic E-state index is 10.0. The number of nitrogens with one attached hydrogen (secondary N) is 1. The average molecular weight is 357 g/mol. The van der Waals surface area contributed by atoms with Gasteiger partial charge in [0.05, 0.1) is 16.8 Å². The Hall–Kier alpha value is -1.25. The molecule has 8 heteroatoms. The number of benzene rings is 1. The van der Waals surface area contributed by atoms with Crippen molar-refractivity contribution in [2.45, 2.75) is 30.7 Å². The first-order valence-electron chi connectivity index (χ1n) is 7.10. The van der Waals surface area contributed by atoms with Crippen LogP contribution in [0.4, 0.5) is 0 Å². The van der Waals surface area contributed by atoms with Crippen LogP contribution in [0, 0.1) is 6.92 Å². The molecule has 1 aliphatic heterocycles. The zero-order chi connectivity index (χ0) is 16.6. The summed E-state index contributed by atoms with van der Waals surface area (Å²) in [6.07, 6.45) is -1.61. The molecule has 124 valence electrons. The summed E-state index contributed by atoms with van der Waals surface area (Å²) in [6.45, 7) is 1.89. The Morgan fingerprint density at radius 1 is 1.30 bits per heavy atom. The van der Waals surface area contributed by atoms with Crippen LogP contribution in [0.5, 0.6) is 5.75 Å². The van der Waals surface area contributed by atoms with E-state index in [0.717, 1.165) is 16.8 Å². The molecule has 3 rings (SSSR count). The van der Waals surface area contributed by atoms with Crippen molar-refractivity contribution in [1.29, 1.82) is 0 Å². The molecule has 0 bridgehead atoms. The van der Waals surface area contributed by atoms with Crippen LogP contribution >= 0.6 is 23.4 Å². The highest BCUT2D eigenvalue weighted by molar-refractivity contribution is 7.99. The lowest BCUT2D eigenvalue weighted by molar-refractivity contribution is -0.0785. The van der Waals surface area contributed by atoms with Crippen molar-refractivity contribution >= 4 is 23.4 Å². The fraction of sp³-hybridized carbons (Fsp3) is 0.400. The minimum Gasteiger partial charge on any atom is -0.475 e. The quantitative estimate of drug-likeness (QED) is 0.666. The van der Waals surface area contributed by atoms with Crippen LogP contribution < -0.4 is 4.74 Å². The largest absolute Gasteiger partial charge is 0.475 e. The number of aromatic amines is 1. The Balaban J connectivity index is 1.84. The van der Waals surface area contributed by atoms with Crippen LogP contribution in [0.3, 0.4) is 0 Å². The van der Waals surface area contributed by atoms with Crippen molar-refractivity contribution in [3.8, 4) is 16.9 Å². The van der Waals surface area contributed by atoms with Gasteiger partial charge in [-0.15, -0.1) is 11.8 Å². The number of H-pyrrole nitrogens is 1. The second-order valence-corrected chi connectivity index (χ2v) is 6.94. The number of hydrogen-bond donors (Lipinski definition) is 4. The molecule has 0 unspecified atom stereocenters. The minimum atomic E-state index is -1.24. The standard InChI is InChI=1S/C15H17ClN2O4S/c1-7-9(5-17-18-7)8-2-3-10(16)12(4-8)22-15-14(21)13(20)11(19)6-23-15/h2-5,11,13-15,19-21H,6H2,1H3,(H,17,18)/t11-,13+,14-,15-/m1/s1. The molecular weight excluding hydrogens is 340 g/mol. The molecule has 23 heavy (non-hydrogen) atoms. The van der Waals surface area contributed by atoms with Gasteiger partial charge in [-0.05, 0) is 24.6 Å². The van der Waals surface area contributed by atoms with Gasteiger partial charge in [0.1, 0.15) is 18.0 Å². The molecule has 1 saturated heterocycles. The van der Waals surface area contributed by atoms with Gasteiger partial charge in [-0.2, -0.15) is 5.10 Å². The molecular formula is C15H17ClN2O4S. The number of hydrogen-bond acceptors (Lipinski definition) is 6. The molecule has 1 aromatic heterocycles. The molecule has 2 aromatic rings. The zero-order valence-corrected chi connectivity index (χ0v) is 13.9. The lowest BCUT2D eigenvalue weighted by Gasteiger charge is -2.34. The lowest BCUT2D eigenvalue weighted by atomic mass is 10.1. The highest BCUT2D eigenvalue weighted by Gasteiger charge is 2.38. The van der Waals surface area contributed by atoms with E-state index in [-0.39, 0.29) is 5.75 Å². The van der Waals surface area contributed by atoms with Gasteiger partial charge in [0.15, 0.2) is 5.44 Å². The molecule has 1 aromatic carbocycles.